The second-order valence-electron chi connectivity index (χ2n) is 14.2. The van der Waals surface area contributed by atoms with Crippen molar-refractivity contribution in [1.82, 2.24) is 19.9 Å². The second-order valence-corrected chi connectivity index (χ2v) is 14.2. The Morgan fingerprint density at radius 2 is 1.91 bits per heavy atom. The van der Waals surface area contributed by atoms with Crippen molar-refractivity contribution in [3.63, 3.8) is 0 Å². The third-order valence-electron chi connectivity index (χ3n) is 10.6. The van der Waals surface area contributed by atoms with Gasteiger partial charge in [-0.3, -0.25) is 20.0 Å². The molecule has 0 aliphatic carbocycles. The average Bonchev–Trinajstić information content (AvgIpc) is 3.48. The molecule has 18 heteroatoms. The number of aromatic hydroxyl groups is 1. The number of phenols is 1. The first-order valence-corrected chi connectivity index (χ1v) is 18.2. The Morgan fingerprint density at radius 3 is 2.62 bits per heavy atom. The van der Waals surface area contributed by atoms with Crippen LogP contribution in [0.15, 0.2) is 48.7 Å². The van der Waals surface area contributed by atoms with E-state index in [0.717, 1.165) is 0 Å². The number of halogens is 2. The molecule has 3 aromatic carbocycles. The summed E-state index contributed by atoms with van der Waals surface area (Å²) in [5.74, 6) is 0.705. The lowest BCUT2D eigenvalue weighted by Crippen LogP contribution is -2.56. The number of benzene rings is 3. The first-order valence-electron chi connectivity index (χ1n) is 18.2. The fourth-order valence-electron chi connectivity index (χ4n) is 7.98. The van der Waals surface area contributed by atoms with Crippen molar-refractivity contribution in [2.75, 3.05) is 25.1 Å². The van der Waals surface area contributed by atoms with E-state index in [0.29, 0.717) is 35.9 Å². The molecular formula is C40H34F2N6O10. The number of methoxy groups -OCH3 is 1. The standard InChI is InChI=1S/C40H34F2N6O10/c1-3-27-30(41)8-5-21-11-24(50)13-28(34(21)27)36-35(42)37-29(15-43-36)38(45-39(44-37)55-2)46-16-22-6-7-23(17-46)47(22)40(52)56-19-20-4-9-32(31(10-20)48(53)54)58-33-14-25(51)12-26(18-49)57-33/h1,4-5,8-11,13,15,18,22-23,25-26,33,50-51H,6-7,12,14,16-17,19H2,2H3/t22?,23?,25-,26-,33-/m0/s1. The number of hydrogen-bond donors (Lipinski definition) is 2. The summed E-state index contributed by atoms with van der Waals surface area (Å²) in [6, 6.07) is 8.49. The van der Waals surface area contributed by atoms with E-state index in [2.05, 4.69) is 20.9 Å². The highest BCUT2D eigenvalue weighted by Gasteiger charge is 2.44. The zero-order valence-corrected chi connectivity index (χ0v) is 30.7. The molecule has 5 atom stereocenters. The first-order chi connectivity index (χ1) is 28.0. The molecule has 3 aliphatic heterocycles. The van der Waals surface area contributed by atoms with Gasteiger partial charge in [0.05, 0.1) is 41.2 Å². The number of pyridine rings is 1. The minimum absolute atomic E-state index is 0.0157. The van der Waals surface area contributed by atoms with Gasteiger partial charge in [0.15, 0.2) is 11.6 Å². The Hall–Kier alpha value is -6.71. The quantitative estimate of drug-likeness (QED) is 0.0858. The van der Waals surface area contributed by atoms with Gasteiger partial charge in [-0.25, -0.2) is 13.6 Å². The molecule has 298 valence electrons. The Labute approximate surface area is 328 Å². The van der Waals surface area contributed by atoms with Gasteiger partial charge in [0.2, 0.25) is 6.29 Å². The van der Waals surface area contributed by atoms with E-state index >= 15 is 4.39 Å². The summed E-state index contributed by atoms with van der Waals surface area (Å²) in [6.45, 7) is 0.287. The van der Waals surface area contributed by atoms with Gasteiger partial charge in [0.1, 0.15) is 47.6 Å². The predicted octanol–water partition coefficient (Wildman–Crippen LogP) is 5.16. The number of terminal acetylenes is 1. The highest BCUT2D eigenvalue weighted by atomic mass is 19.1. The van der Waals surface area contributed by atoms with Crippen molar-refractivity contribution in [1.29, 1.82) is 0 Å². The summed E-state index contributed by atoms with van der Waals surface area (Å²) in [6.07, 6.45) is 5.45. The largest absolute Gasteiger partial charge is 0.508 e. The summed E-state index contributed by atoms with van der Waals surface area (Å²) in [5.41, 5.74) is -0.520. The SMILES string of the molecule is C#Cc1c(F)ccc2cc(O)cc(-c3ncc4c(N5CC6CCC(C5)N6C(=O)OCc5ccc(O[C@H]6C[C@@H](O)C[C@@H](C=O)O6)c([N+](=O)[O-])c5)nc(OC)nc4c3F)c12. The lowest BCUT2D eigenvalue weighted by Gasteiger charge is -2.41. The Morgan fingerprint density at radius 1 is 1.14 bits per heavy atom. The maximum absolute atomic E-state index is 16.6. The molecule has 0 radical (unpaired) electrons. The lowest BCUT2D eigenvalue weighted by molar-refractivity contribution is -0.386. The monoisotopic (exact) mass is 796 g/mol. The van der Waals surface area contributed by atoms with Gasteiger partial charge in [-0.2, -0.15) is 9.97 Å². The number of hydrogen-bond acceptors (Lipinski definition) is 14. The van der Waals surface area contributed by atoms with Gasteiger partial charge in [-0.15, -0.1) is 6.42 Å². The van der Waals surface area contributed by atoms with Crippen LogP contribution in [0.4, 0.5) is 25.1 Å². The molecule has 2 bridgehead atoms. The highest BCUT2D eigenvalue weighted by Crippen LogP contribution is 2.40. The molecule has 3 fully saturated rings. The van der Waals surface area contributed by atoms with Crippen LogP contribution in [0, 0.1) is 34.1 Å². The molecule has 16 nitrogen and oxygen atoms in total. The van der Waals surface area contributed by atoms with Crippen LogP contribution in [0.5, 0.6) is 17.5 Å². The maximum Gasteiger partial charge on any atom is 0.410 e. The number of carbonyl (C=O) groups is 2. The van der Waals surface area contributed by atoms with Crippen molar-refractivity contribution < 1.29 is 52.5 Å². The average molecular weight is 797 g/mol. The minimum atomic E-state index is -1.08. The maximum atomic E-state index is 16.6. The van der Waals surface area contributed by atoms with E-state index in [1.54, 1.807) is 4.90 Å². The number of anilines is 1. The second kappa shape index (κ2) is 15.3. The molecule has 5 heterocycles. The molecule has 2 N–H and O–H groups in total. The van der Waals surface area contributed by atoms with E-state index in [4.69, 9.17) is 25.4 Å². The van der Waals surface area contributed by atoms with Gasteiger partial charge < -0.3 is 38.9 Å². The molecule has 5 aromatic rings. The van der Waals surface area contributed by atoms with E-state index in [-0.39, 0.29) is 95.2 Å². The summed E-state index contributed by atoms with van der Waals surface area (Å²) in [7, 11) is 1.34. The van der Waals surface area contributed by atoms with Gasteiger partial charge in [-0.1, -0.05) is 18.1 Å². The Balaban J connectivity index is 1.01. The molecule has 3 aliphatic rings. The molecule has 0 spiro atoms. The molecule has 0 saturated carbocycles. The van der Waals surface area contributed by atoms with Crippen molar-refractivity contribution in [3.05, 3.63) is 81.5 Å². The number of carbonyl (C=O) groups excluding carboxylic acids is 2. The van der Waals surface area contributed by atoms with Crippen molar-refractivity contribution in [2.45, 2.75) is 62.9 Å². The van der Waals surface area contributed by atoms with E-state index in [9.17, 15) is 34.3 Å². The molecule has 3 saturated heterocycles. The topological polar surface area (TPSA) is 200 Å². The van der Waals surface area contributed by atoms with Crippen LogP contribution in [0.3, 0.4) is 0 Å². The third-order valence-corrected chi connectivity index (χ3v) is 10.6. The number of nitro benzene ring substituents is 1. The van der Waals surface area contributed by atoms with Crippen molar-refractivity contribution >= 4 is 45.6 Å². The number of aromatic nitrogens is 3. The zero-order chi connectivity index (χ0) is 40.8. The van der Waals surface area contributed by atoms with Crippen molar-refractivity contribution in [3.8, 4) is 41.1 Å². The van der Waals surface area contributed by atoms with Crippen LogP contribution in [-0.4, -0.2) is 98.1 Å². The molecule has 2 aromatic heterocycles. The smallest absolute Gasteiger partial charge is 0.410 e. The normalized spacial score (nSPS) is 21.5. The number of ether oxygens (including phenoxy) is 4. The lowest BCUT2D eigenvalue weighted by atomic mass is 9.96. The number of piperazine rings is 1. The van der Waals surface area contributed by atoms with Gasteiger partial charge in [0.25, 0.3) is 0 Å². The zero-order valence-electron chi connectivity index (χ0n) is 30.7. The first kappa shape index (κ1) is 38.2. The van der Waals surface area contributed by atoms with Crippen LogP contribution in [0.25, 0.3) is 32.9 Å². The van der Waals surface area contributed by atoms with Crippen LogP contribution >= 0.6 is 0 Å². The van der Waals surface area contributed by atoms with E-state index in [1.165, 1.54) is 55.8 Å². The van der Waals surface area contributed by atoms with Crippen molar-refractivity contribution in [2.24, 2.45) is 0 Å². The number of rotatable bonds is 9. The molecular weight excluding hydrogens is 762 g/mol. The summed E-state index contributed by atoms with van der Waals surface area (Å²) in [5, 5.41) is 33.3. The van der Waals surface area contributed by atoms with Gasteiger partial charge in [0, 0.05) is 49.1 Å². The number of aliphatic hydroxyl groups is 1. The third kappa shape index (κ3) is 6.98. The van der Waals surface area contributed by atoms with Crippen LogP contribution in [-0.2, 0) is 20.9 Å². The molecule has 2 unspecified atom stereocenters. The van der Waals surface area contributed by atoms with Crippen LogP contribution < -0.4 is 14.4 Å². The molecule has 1 amide bonds. The highest BCUT2D eigenvalue weighted by molar-refractivity contribution is 6.03. The summed E-state index contributed by atoms with van der Waals surface area (Å²) < 4.78 is 53.5. The number of fused-ring (bicyclic) bond motifs is 4. The molecule has 8 rings (SSSR count). The predicted molar refractivity (Wildman–Crippen MR) is 201 cm³/mol. The number of aldehydes is 1. The number of phenolic OH excluding ortho intramolecular Hbond substituents is 1. The molecule has 58 heavy (non-hydrogen) atoms. The fraction of sp³-hybridized carbons (Fsp3) is 0.325. The van der Waals surface area contributed by atoms with E-state index in [1.807, 2.05) is 4.90 Å². The number of nitro groups is 1. The van der Waals surface area contributed by atoms with Crippen LogP contribution in [0.2, 0.25) is 0 Å². The Bertz CT molecular complexity index is 2520. The van der Waals surface area contributed by atoms with Gasteiger partial charge in [-0.05, 0) is 48.1 Å². The Kier molecular flexibility index (Phi) is 10.1. The summed E-state index contributed by atoms with van der Waals surface area (Å²) in [4.78, 5) is 52.8. The van der Waals surface area contributed by atoms with E-state index < -0.39 is 46.8 Å². The van der Waals surface area contributed by atoms with Crippen LogP contribution in [0.1, 0.15) is 36.8 Å². The number of amides is 1. The number of nitrogens with zero attached hydrogens (tertiary/aromatic N) is 6. The number of aliphatic hydroxyl groups excluding tert-OH is 1. The fourth-order valence-corrected chi connectivity index (χ4v) is 7.98. The summed E-state index contributed by atoms with van der Waals surface area (Å²) >= 11 is 0. The minimum Gasteiger partial charge on any atom is -0.508 e. The van der Waals surface area contributed by atoms with Gasteiger partial charge >= 0.3 is 17.8 Å².